The highest BCUT2D eigenvalue weighted by Crippen LogP contribution is 2.32. The SMILES string of the molecule is CCOC(=O)c1cc(C(F)(F)F)cn1Cc1ccc(OC)c(OC)c1. The van der Waals surface area contributed by atoms with Crippen LogP contribution in [0.25, 0.3) is 0 Å². The molecule has 0 radical (unpaired) electrons. The highest BCUT2D eigenvalue weighted by molar-refractivity contribution is 5.88. The zero-order valence-electron chi connectivity index (χ0n) is 14.0. The van der Waals surface area contributed by atoms with Crippen LogP contribution >= 0.6 is 0 Å². The number of carbonyl (C=O) groups is 1. The Bertz CT molecular complexity index is 753. The maximum absolute atomic E-state index is 13.0. The summed E-state index contributed by atoms with van der Waals surface area (Å²) in [6.45, 7) is 1.70. The third-order valence-electron chi connectivity index (χ3n) is 3.51. The number of nitrogens with zero attached hydrogens (tertiary/aromatic N) is 1. The molecule has 2 aromatic rings. The molecule has 136 valence electrons. The molecule has 0 aliphatic heterocycles. The molecule has 1 heterocycles. The normalized spacial score (nSPS) is 11.3. The summed E-state index contributed by atoms with van der Waals surface area (Å²) >= 11 is 0. The van der Waals surface area contributed by atoms with Crippen molar-refractivity contribution in [2.75, 3.05) is 20.8 Å². The number of carbonyl (C=O) groups excluding carboxylic acids is 1. The quantitative estimate of drug-likeness (QED) is 0.739. The lowest BCUT2D eigenvalue weighted by Crippen LogP contribution is -2.12. The van der Waals surface area contributed by atoms with E-state index in [-0.39, 0.29) is 18.8 Å². The fourth-order valence-corrected chi connectivity index (χ4v) is 2.35. The highest BCUT2D eigenvalue weighted by Gasteiger charge is 2.34. The Morgan fingerprint density at radius 2 is 1.80 bits per heavy atom. The Hall–Kier alpha value is -2.64. The van der Waals surface area contributed by atoms with Gasteiger partial charge in [0, 0.05) is 12.7 Å². The second-order valence-electron chi connectivity index (χ2n) is 5.15. The Morgan fingerprint density at radius 3 is 2.36 bits per heavy atom. The molecule has 0 N–H and O–H groups in total. The number of ether oxygens (including phenoxy) is 3. The van der Waals surface area contributed by atoms with Gasteiger partial charge in [0.15, 0.2) is 11.5 Å². The number of rotatable bonds is 6. The van der Waals surface area contributed by atoms with E-state index >= 15 is 0 Å². The average Bonchev–Trinajstić information content (AvgIpc) is 2.99. The Labute approximate surface area is 142 Å². The molecule has 0 atom stereocenters. The molecule has 0 unspecified atom stereocenters. The fourth-order valence-electron chi connectivity index (χ4n) is 2.35. The van der Waals surface area contributed by atoms with Crippen molar-refractivity contribution in [1.29, 1.82) is 0 Å². The number of esters is 1. The predicted molar refractivity (Wildman–Crippen MR) is 84.0 cm³/mol. The van der Waals surface area contributed by atoms with Crippen molar-refractivity contribution in [2.45, 2.75) is 19.6 Å². The van der Waals surface area contributed by atoms with Gasteiger partial charge in [-0.25, -0.2) is 4.79 Å². The molecule has 1 aromatic carbocycles. The van der Waals surface area contributed by atoms with Crippen molar-refractivity contribution in [2.24, 2.45) is 0 Å². The lowest BCUT2D eigenvalue weighted by molar-refractivity contribution is -0.137. The number of methoxy groups -OCH3 is 2. The second kappa shape index (κ2) is 7.50. The van der Waals surface area contributed by atoms with Gasteiger partial charge in [0.1, 0.15) is 5.69 Å². The molecule has 0 spiro atoms. The standard InChI is InChI=1S/C17H18F3NO4/c1-4-25-16(22)13-8-12(17(18,19)20)10-21(13)9-11-5-6-14(23-2)15(7-11)24-3/h5-8,10H,4,9H2,1-3H3. The van der Waals surface area contributed by atoms with Crippen LogP contribution in [0.2, 0.25) is 0 Å². The van der Waals surface area contributed by atoms with Gasteiger partial charge in [-0.3, -0.25) is 0 Å². The predicted octanol–water partition coefficient (Wildman–Crippen LogP) is 3.75. The van der Waals surface area contributed by atoms with Gasteiger partial charge in [-0.1, -0.05) is 6.07 Å². The van der Waals surface area contributed by atoms with Crippen LogP contribution in [0, 0.1) is 0 Å². The number of aromatic nitrogens is 1. The number of hydrogen-bond acceptors (Lipinski definition) is 4. The van der Waals surface area contributed by atoms with E-state index in [0.29, 0.717) is 17.1 Å². The minimum atomic E-state index is -4.55. The highest BCUT2D eigenvalue weighted by atomic mass is 19.4. The average molecular weight is 357 g/mol. The molecule has 5 nitrogen and oxygen atoms in total. The van der Waals surface area contributed by atoms with E-state index in [1.54, 1.807) is 25.1 Å². The van der Waals surface area contributed by atoms with Crippen molar-refractivity contribution in [3.8, 4) is 11.5 Å². The Balaban J connectivity index is 2.40. The number of hydrogen-bond donors (Lipinski definition) is 0. The van der Waals surface area contributed by atoms with E-state index in [1.165, 1.54) is 18.8 Å². The third kappa shape index (κ3) is 4.26. The van der Waals surface area contributed by atoms with Crippen LogP contribution in [0.15, 0.2) is 30.5 Å². The third-order valence-corrected chi connectivity index (χ3v) is 3.51. The van der Waals surface area contributed by atoms with Crippen LogP contribution < -0.4 is 9.47 Å². The first-order chi connectivity index (χ1) is 11.8. The second-order valence-corrected chi connectivity index (χ2v) is 5.15. The smallest absolute Gasteiger partial charge is 0.417 e. The van der Waals surface area contributed by atoms with Crippen LogP contribution in [0.1, 0.15) is 28.5 Å². The van der Waals surface area contributed by atoms with Crippen molar-refractivity contribution in [3.05, 3.63) is 47.3 Å². The molecule has 1 aromatic heterocycles. The summed E-state index contributed by atoms with van der Waals surface area (Å²) in [4.78, 5) is 12.0. The molecule has 0 saturated carbocycles. The van der Waals surface area contributed by atoms with E-state index in [0.717, 1.165) is 12.3 Å². The molecule has 8 heteroatoms. The van der Waals surface area contributed by atoms with E-state index in [9.17, 15) is 18.0 Å². The molecular weight excluding hydrogens is 339 g/mol. The summed E-state index contributed by atoms with van der Waals surface area (Å²) in [6.07, 6.45) is -3.66. The zero-order chi connectivity index (χ0) is 18.6. The van der Waals surface area contributed by atoms with Gasteiger partial charge in [-0.15, -0.1) is 0 Å². The van der Waals surface area contributed by atoms with Crippen molar-refractivity contribution < 1.29 is 32.2 Å². The summed E-state index contributed by atoms with van der Waals surface area (Å²) in [5, 5.41) is 0. The van der Waals surface area contributed by atoms with Crippen LogP contribution in [0.4, 0.5) is 13.2 Å². The molecule has 0 saturated heterocycles. The molecular formula is C17H18F3NO4. The van der Waals surface area contributed by atoms with Crippen molar-refractivity contribution in [3.63, 3.8) is 0 Å². The van der Waals surface area contributed by atoms with E-state index in [2.05, 4.69) is 0 Å². The van der Waals surface area contributed by atoms with Crippen molar-refractivity contribution in [1.82, 2.24) is 4.57 Å². The van der Waals surface area contributed by atoms with Gasteiger partial charge in [-0.2, -0.15) is 13.2 Å². The molecule has 2 rings (SSSR count). The van der Waals surface area contributed by atoms with Gasteiger partial charge in [-0.05, 0) is 30.7 Å². The summed E-state index contributed by atoms with van der Waals surface area (Å²) in [5.41, 5.74) is -0.424. The maximum Gasteiger partial charge on any atom is 0.417 e. The first-order valence-corrected chi connectivity index (χ1v) is 7.45. The fraction of sp³-hybridized carbons (Fsp3) is 0.353. The number of halogens is 3. The Kier molecular flexibility index (Phi) is 5.61. The molecule has 25 heavy (non-hydrogen) atoms. The Morgan fingerprint density at radius 1 is 1.12 bits per heavy atom. The molecule has 0 aliphatic carbocycles. The van der Waals surface area contributed by atoms with E-state index < -0.39 is 17.7 Å². The van der Waals surface area contributed by atoms with E-state index in [1.807, 2.05) is 0 Å². The number of benzene rings is 1. The van der Waals surface area contributed by atoms with Crippen LogP contribution in [-0.4, -0.2) is 31.4 Å². The van der Waals surface area contributed by atoms with Crippen LogP contribution in [-0.2, 0) is 17.5 Å². The van der Waals surface area contributed by atoms with Gasteiger partial charge >= 0.3 is 12.1 Å². The van der Waals surface area contributed by atoms with Gasteiger partial charge in [0.2, 0.25) is 0 Å². The van der Waals surface area contributed by atoms with Gasteiger partial charge in [0.05, 0.1) is 26.4 Å². The first-order valence-electron chi connectivity index (χ1n) is 7.45. The minimum absolute atomic E-state index is 0.0462. The zero-order valence-corrected chi connectivity index (χ0v) is 14.0. The lowest BCUT2D eigenvalue weighted by atomic mass is 10.2. The van der Waals surface area contributed by atoms with Crippen LogP contribution in [0.5, 0.6) is 11.5 Å². The largest absolute Gasteiger partial charge is 0.493 e. The van der Waals surface area contributed by atoms with Gasteiger partial charge in [0.25, 0.3) is 0 Å². The van der Waals surface area contributed by atoms with Gasteiger partial charge < -0.3 is 18.8 Å². The first kappa shape index (κ1) is 18.7. The summed E-state index contributed by atoms with van der Waals surface area (Å²) < 4.78 is 55.3. The topological polar surface area (TPSA) is 49.7 Å². The van der Waals surface area contributed by atoms with Crippen LogP contribution in [0.3, 0.4) is 0 Å². The molecule has 0 aliphatic rings. The number of alkyl halides is 3. The monoisotopic (exact) mass is 357 g/mol. The summed E-state index contributed by atoms with van der Waals surface area (Å²) in [5.74, 6) is 0.139. The molecule has 0 bridgehead atoms. The molecule has 0 amide bonds. The maximum atomic E-state index is 13.0. The summed E-state index contributed by atoms with van der Waals surface area (Å²) in [7, 11) is 2.95. The molecule has 0 fully saturated rings. The van der Waals surface area contributed by atoms with E-state index in [4.69, 9.17) is 14.2 Å². The lowest BCUT2D eigenvalue weighted by Gasteiger charge is -2.12. The minimum Gasteiger partial charge on any atom is -0.493 e. The van der Waals surface area contributed by atoms with Crippen molar-refractivity contribution >= 4 is 5.97 Å². The summed E-state index contributed by atoms with van der Waals surface area (Å²) in [6, 6.07) is 5.76.